The van der Waals surface area contributed by atoms with Crippen molar-refractivity contribution in [3.8, 4) is 0 Å². The summed E-state index contributed by atoms with van der Waals surface area (Å²) in [6.45, 7) is 0. The lowest BCUT2D eigenvalue weighted by Gasteiger charge is -2.07. The third-order valence-electron chi connectivity index (χ3n) is 3.29. The fourth-order valence-corrected chi connectivity index (χ4v) is 2.72. The van der Waals surface area contributed by atoms with Crippen molar-refractivity contribution in [3.05, 3.63) is 78.2 Å². The summed E-state index contributed by atoms with van der Waals surface area (Å²) in [4.78, 5) is 33.9. The molecular weight excluding hydrogens is 427 g/mol. The van der Waals surface area contributed by atoms with Gasteiger partial charge in [-0.2, -0.15) is 0 Å². The Morgan fingerprint density at radius 3 is 2.62 bits per heavy atom. The van der Waals surface area contributed by atoms with Crippen LogP contribution < -0.4 is 10.9 Å². The van der Waals surface area contributed by atoms with E-state index in [0.717, 1.165) is 5.39 Å². The van der Waals surface area contributed by atoms with E-state index >= 15 is 0 Å². The number of anilines is 1. The minimum Gasteiger partial charge on any atom is -0.423 e. The molecule has 0 atom stereocenters. The SMILES string of the molecule is O=C(Nc1ccc2ccc(=O)oc2c1)c1cc([N+](=O)[O-])ccc1I. The number of nitrogens with one attached hydrogen (secondary N) is 1. The standard InChI is InChI=1S/C16H9IN2O5/c17-13-5-4-11(19(22)23)8-12(13)16(21)18-10-3-1-9-2-6-15(20)24-14(9)7-10/h1-8H,(H,18,21). The van der Waals surface area contributed by atoms with E-state index in [4.69, 9.17) is 4.42 Å². The van der Waals surface area contributed by atoms with Crippen LogP contribution in [0, 0.1) is 13.7 Å². The van der Waals surface area contributed by atoms with Gasteiger partial charge in [0.1, 0.15) is 5.58 Å². The molecule has 1 aromatic heterocycles. The van der Waals surface area contributed by atoms with Gasteiger partial charge < -0.3 is 9.73 Å². The van der Waals surface area contributed by atoms with Gasteiger partial charge in [0.25, 0.3) is 11.6 Å². The maximum atomic E-state index is 12.4. The molecule has 0 saturated carbocycles. The van der Waals surface area contributed by atoms with Crippen LogP contribution in [-0.4, -0.2) is 10.8 Å². The third kappa shape index (κ3) is 3.27. The number of benzene rings is 2. The quantitative estimate of drug-likeness (QED) is 0.293. The molecule has 1 amide bonds. The average Bonchev–Trinajstić information content (AvgIpc) is 2.54. The number of halogens is 1. The number of hydrogen-bond donors (Lipinski definition) is 1. The van der Waals surface area contributed by atoms with Crippen molar-refractivity contribution in [1.82, 2.24) is 0 Å². The summed E-state index contributed by atoms with van der Waals surface area (Å²) in [6.07, 6.45) is 0. The average molecular weight is 436 g/mol. The summed E-state index contributed by atoms with van der Waals surface area (Å²) in [5.74, 6) is -0.485. The molecule has 0 saturated heterocycles. The summed E-state index contributed by atoms with van der Waals surface area (Å²) in [7, 11) is 0. The van der Waals surface area contributed by atoms with Gasteiger partial charge in [-0.3, -0.25) is 14.9 Å². The number of nitrogens with zero attached hydrogens (tertiary/aromatic N) is 1. The molecule has 0 fully saturated rings. The van der Waals surface area contributed by atoms with E-state index in [1.807, 2.05) is 22.6 Å². The van der Waals surface area contributed by atoms with E-state index in [0.29, 0.717) is 14.8 Å². The van der Waals surface area contributed by atoms with Crippen molar-refractivity contribution in [2.75, 3.05) is 5.32 Å². The maximum Gasteiger partial charge on any atom is 0.336 e. The monoisotopic (exact) mass is 436 g/mol. The number of hydrogen-bond acceptors (Lipinski definition) is 5. The second kappa shape index (κ2) is 6.40. The van der Waals surface area contributed by atoms with Crippen LogP contribution >= 0.6 is 22.6 Å². The van der Waals surface area contributed by atoms with Crippen molar-refractivity contribution in [3.63, 3.8) is 0 Å². The number of fused-ring (bicyclic) bond motifs is 1. The Labute approximate surface area is 148 Å². The number of nitro groups is 1. The van der Waals surface area contributed by atoms with Crippen molar-refractivity contribution >= 4 is 50.8 Å². The van der Waals surface area contributed by atoms with Gasteiger partial charge in [0.2, 0.25) is 0 Å². The van der Waals surface area contributed by atoms with Crippen LogP contribution in [0.1, 0.15) is 10.4 Å². The zero-order valence-corrected chi connectivity index (χ0v) is 14.1. The minimum absolute atomic E-state index is 0.162. The summed E-state index contributed by atoms with van der Waals surface area (Å²) < 4.78 is 5.65. The van der Waals surface area contributed by atoms with E-state index in [1.54, 1.807) is 18.2 Å². The van der Waals surface area contributed by atoms with E-state index in [2.05, 4.69) is 5.32 Å². The number of carbonyl (C=O) groups is 1. The largest absolute Gasteiger partial charge is 0.423 e. The third-order valence-corrected chi connectivity index (χ3v) is 4.23. The molecule has 120 valence electrons. The lowest BCUT2D eigenvalue weighted by molar-refractivity contribution is -0.384. The van der Waals surface area contributed by atoms with Crippen molar-refractivity contribution in [2.24, 2.45) is 0 Å². The van der Waals surface area contributed by atoms with Crippen LogP contribution in [-0.2, 0) is 0 Å². The van der Waals surface area contributed by atoms with E-state index in [-0.39, 0.29) is 11.3 Å². The Bertz CT molecular complexity index is 1030. The zero-order valence-electron chi connectivity index (χ0n) is 12.0. The van der Waals surface area contributed by atoms with Crippen molar-refractivity contribution < 1.29 is 14.1 Å². The van der Waals surface area contributed by atoms with Gasteiger partial charge >= 0.3 is 5.63 Å². The van der Waals surface area contributed by atoms with Gasteiger partial charge in [0, 0.05) is 38.9 Å². The van der Waals surface area contributed by atoms with E-state index < -0.39 is 16.5 Å². The van der Waals surface area contributed by atoms with Crippen LogP contribution in [0.4, 0.5) is 11.4 Å². The summed E-state index contributed by atoms with van der Waals surface area (Å²) in [5, 5.41) is 14.2. The van der Waals surface area contributed by atoms with Gasteiger partial charge in [-0.05, 0) is 46.9 Å². The fourth-order valence-electron chi connectivity index (χ4n) is 2.14. The Morgan fingerprint density at radius 1 is 1.12 bits per heavy atom. The highest BCUT2D eigenvalue weighted by Gasteiger charge is 2.16. The van der Waals surface area contributed by atoms with E-state index in [9.17, 15) is 19.7 Å². The molecule has 0 spiro atoms. The van der Waals surface area contributed by atoms with Crippen LogP contribution in [0.3, 0.4) is 0 Å². The predicted octanol–water partition coefficient (Wildman–Crippen LogP) is 3.56. The van der Waals surface area contributed by atoms with Crippen LogP contribution in [0.15, 0.2) is 57.7 Å². The van der Waals surface area contributed by atoms with E-state index in [1.165, 1.54) is 30.3 Å². The molecule has 3 aromatic rings. The van der Waals surface area contributed by atoms with Gasteiger partial charge in [-0.15, -0.1) is 0 Å². The molecule has 1 heterocycles. The van der Waals surface area contributed by atoms with Gasteiger partial charge in [-0.1, -0.05) is 0 Å². The van der Waals surface area contributed by atoms with Crippen molar-refractivity contribution in [1.29, 1.82) is 0 Å². The lowest BCUT2D eigenvalue weighted by Crippen LogP contribution is -2.13. The number of nitro benzene ring substituents is 1. The molecule has 24 heavy (non-hydrogen) atoms. The Balaban J connectivity index is 1.93. The molecule has 0 aliphatic carbocycles. The van der Waals surface area contributed by atoms with Crippen LogP contribution in [0.5, 0.6) is 0 Å². The smallest absolute Gasteiger partial charge is 0.336 e. The molecule has 1 N–H and O–H groups in total. The number of amides is 1. The van der Waals surface area contributed by atoms with Gasteiger partial charge in [0.05, 0.1) is 10.5 Å². The topological polar surface area (TPSA) is 102 Å². The molecular formula is C16H9IN2O5. The number of carbonyl (C=O) groups excluding carboxylic acids is 1. The summed E-state index contributed by atoms with van der Waals surface area (Å²) in [5.41, 5.74) is 0.307. The van der Waals surface area contributed by atoms with Gasteiger partial charge in [0.15, 0.2) is 0 Å². The molecule has 0 radical (unpaired) electrons. The summed E-state index contributed by atoms with van der Waals surface area (Å²) in [6, 6.07) is 11.9. The molecule has 7 nitrogen and oxygen atoms in total. The molecule has 0 bridgehead atoms. The molecule has 2 aromatic carbocycles. The Hall–Kier alpha value is -2.75. The van der Waals surface area contributed by atoms with Gasteiger partial charge in [-0.25, -0.2) is 4.79 Å². The highest BCUT2D eigenvalue weighted by atomic mass is 127. The molecule has 0 aliphatic rings. The molecule has 0 aliphatic heterocycles. The fraction of sp³-hybridized carbons (Fsp3) is 0. The normalized spacial score (nSPS) is 10.5. The first-order chi connectivity index (χ1) is 11.4. The first kappa shape index (κ1) is 16.1. The zero-order chi connectivity index (χ0) is 17.3. The van der Waals surface area contributed by atoms with Crippen LogP contribution in [0.2, 0.25) is 0 Å². The first-order valence-electron chi connectivity index (χ1n) is 6.73. The minimum atomic E-state index is -0.558. The first-order valence-corrected chi connectivity index (χ1v) is 7.81. The lowest BCUT2D eigenvalue weighted by atomic mass is 10.1. The molecule has 3 rings (SSSR count). The number of rotatable bonds is 3. The molecule has 8 heteroatoms. The highest BCUT2D eigenvalue weighted by molar-refractivity contribution is 14.1. The van der Waals surface area contributed by atoms with Crippen molar-refractivity contribution in [2.45, 2.75) is 0 Å². The predicted molar refractivity (Wildman–Crippen MR) is 96.3 cm³/mol. The second-order valence-corrected chi connectivity index (χ2v) is 6.04. The Kier molecular flexibility index (Phi) is 4.30. The highest BCUT2D eigenvalue weighted by Crippen LogP contribution is 2.22. The molecule has 0 unspecified atom stereocenters. The second-order valence-electron chi connectivity index (χ2n) is 4.88. The number of non-ortho nitro benzene ring substituents is 1. The Morgan fingerprint density at radius 2 is 1.88 bits per heavy atom. The summed E-state index contributed by atoms with van der Waals surface area (Å²) >= 11 is 1.93. The van der Waals surface area contributed by atoms with Crippen LogP contribution in [0.25, 0.3) is 11.0 Å². The maximum absolute atomic E-state index is 12.4.